The van der Waals surface area contributed by atoms with Crippen LogP contribution >= 0.6 is 11.6 Å². The Hall–Kier alpha value is -2.41. The normalized spacial score (nSPS) is 29.0. The summed E-state index contributed by atoms with van der Waals surface area (Å²) in [5.41, 5.74) is 0.520. The van der Waals surface area contributed by atoms with Crippen LogP contribution in [0.4, 0.5) is 5.69 Å². The van der Waals surface area contributed by atoms with Crippen LogP contribution in [-0.4, -0.2) is 41.2 Å². The van der Waals surface area contributed by atoms with Gasteiger partial charge in [0.05, 0.1) is 11.8 Å². The van der Waals surface area contributed by atoms with Crippen LogP contribution in [0.15, 0.2) is 24.3 Å². The van der Waals surface area contributed by atoms with Crippen molar-refractivity contribution in [3.63, 3.8) is 0 Å². The first kappa shape index (κ1) is 18.9. The Bertz CT molecular complexity index is 812. The highest BCUT2D eigenvalue weighted by Crippen LogP contribution is 2.56. The number of esters is 1. The number of fused-ring (bicyclic) bond motifs is 5. The second-order valence-electron chi connectivity index (χ2n) is 7.77. The number of hydrogen-bond donors (Lipinski definition) is 1. The number of ether oxygens (including phenoxy) is 1. The minimum Gasteiger partial charge on any atom is -0.454 e. The molecule has 2 saturated carbocycles. The van der Waals surface area contributed by atoms with Gasteiger partial charge < -0.3 is 10.1 Å². The first-order valence-electron chi connectivity index (χ1n) is 9.45. The largest absolute Gasteiger partial charge is 0.454 e. The van der Waals surface area contributed by atoms with Crippen molar-refractivity contribution in [3.05, 3.63) is 29.3 Å². The van der Waals surface area contributed by atoms with Gasteiger partial charge in [-0.05, 0) is 62.3 Å². The van der Waals surface area contributed by atoms with Gasteiger partial charge in [0.15, 0.2) is 6.61 Å². The van der Waals surface area contributed by atoms with E-state index in [0.29, 0.717) is 10.7 Å². The monoisotopic (exact) mass is 404 g/mol. The van der Waals surface area contributed by atoms with E-state index in [1.54, 1.807) is 24.3 Å². The molecule has 1 heterocycles. The second kappa shape index (κ2) is 7.20. The summed E-state index contributed by atoms with van der Waals surface area (Å²) in [5.74, 6) is -1.87. The standard InChI is InChI=1S/C20H21ClN2O5/c1-10(20(27)28-9-15(24)22-14-6-4-13(21)5-7-14)23-18(25)16-11-2-3-12(8-11)17(16)19(23)26/h4-7,10-12,16-17H,2-3,8-9H2,1H3,(H,22,24)/t10-,11-,12+,16-,17-/m0/s1. The smallest absolute Gasteiger partial charge is 0.329 e. The zero-order chi connectivity index (χ0) is 20.0. The Morgan fingerprint density at radius 3 is 2.29 bits per heavy atom. The molecule has 5 atom stereocenters. The molecule has 3 fully saturated rings. The Kier molecular flexibility index (Phi) is 4.87. The van der Waals surface area contributed by atoms with Crippen LogP contribution in [0, 0.1) is 23.7 Å². The lowest BCUT2D eigenvalue weighted by Gasteiger charge is -2.23. The van der Waals surface area contributed by atoms with E-state index < -0.39 is 24.5 Å². The minimum absolute atomic E-state index is 0.254. The molecule has 0 aromatic heterocycles. The number of nitrogens with zero attached hydrogens (tertiary/aromatic N) is 1. The van der Waals surface area contributed by atoms with E-state index in [4.69, 9.17) is 16.3 Å². The van der Waals surface area contributed by atoms with Gasteiger partial charge >= 0.3 is 5.97 Å². The molecule has 148 valence electrons. The lowest BCUT2D eigenvalue weighted by molar-refractivity contribution is -0.159. The van der Waals surface area contributed by atoms with Gasteiger partial charge in [0.1, 0.15) is 6.04 Å². The SMILES string of the molecule is C[C@@H](C(=O)OCC(=O)Nc1ccc(Cl)cc1)N1C(=O)[C@H]2[C@@H]3CC[C@@H](C3)[C@@H]2C1=O. The highest BCUT2D eigenvalue weighted by Gasteiger charge is 2.62. The highest BCUT2D eigenvalue weighted by molar-refractivity contribution is 6.30. The lowest BCUT2D eigenvalue weighted by Crippen LogP contribution is -2.45. The quantitative estimate of drug-likeness (QED) is 0.600. The molecule has 1 aromatic rings. The van der Waals surface area contributed by atoms with E-state index in [9.17, 15) is 19.2 Å². The van der Waals surface area contributed by atoms with Crippen LogP contribution in [0.25, 0.3) is 0 Å². The van der Waals surface area contributed by atoms with Crippen molar-refractivity contribution < 1.29 is 23.9 Å². The zero-order valence-corrected chi connectivity index (χ0v) is 16.1. The maximum Gasteiger partial charge on any atom is 0.329 e. The maximum atomic E-state index is 12.7. The summed E-state index contributed by atoms with van der Waals surface area (Å²) in [7, 11) is 0. The van der Waals surface area contributed by atoms with Gasteiger partial charge in [-0.15, -0.1) is 0 Å². The number of amides is 3. The number of halogens is 1. The summed E-state index contributed by atoms with van der Waals surface area (Å²) in [6.07, 6.45) is 2.88. The van der Waals surface area contributed by atoms with Crippen molar-refractivity contribution in [3.8, 4) is 0 Å². The molecule has 7 nitrogen and oxygen atoms in total. The summed E-state index contributed by atoms with van der Waals surface area (Å²) in [6.45, 7) is 0.971. The Labute approximate surface area is 167 Å². The van der Waals surface area contributed by atoms with E-state index in [0.717, 1.165) is 24.2 Å². The Morgan fingerprint density at radius 2 is 1.71 bits per heavy atom. The molecule has 4 rings (SSSR count). The van der Waals surface area contributed by atoms with E-state index in [-0.39, 0.29) is 35.5 Å². The number of imide groups is 1. The molecule has 3 aliphatic rings. The van der Waals surface area contributed by atoms with Crippen molar-refractivity contribution in [2.24, 2.45) is 23.7 Å². The number of carbonyl (C=O) groups excluding carboxylic acids is 4. The molecular weight excluding hydrogens is 384 g/mol. The minimum atomic E-state index is -1.03. The number of benzene rings is 1. The number of anilines is 1. The van der Waals surface area contributed by atoms with Crippen molar-refractivity contribution in [1.82, 2.24) is 4.90 Å². The first-order chi connectivity index (χ1) is 13.4. The molecule has 0 spiro atoms. The van der Waals surface area contributed by atoms with Crippen molar-refractivity contribution in [1.29, 1.82) is 0 Å². The molecule has 2 aliphatic carbocycles. The topological polar surface area (TPSA) is 92.8 Å². The maximum absolute atomic E-state index is 12.7. The van der Waals surface area contributed by atoms with Gasteiger partial charge in [0.25, 0.3) is 5.91 Å². The summed E-state index contributed by atoms with van der Waals surface area (Å²) in [6, 6.07) is 5.46. The summed E-state index contributed by atoms with van der Waals surface area (Å²) in [5, 5.41) is 3.12. The number of nitrogens with one attached hydrogen (secondary N) is 1. The van der Waals surface area contributed by atoms with E-state index >= 15 is 0 Å². The second-order valence-corrected chi connectivity index (χ2v) is 8.21. The zero-order valence-electron chi connectivity index (χ0n) is 15.4. The van der Waals surface area contributed by atoms with Gasteiger partial charge in [0.2, 0.25) is 11.8 Å². The average Bonchev–Trinajstić information content (AvgIpc) is 3.35. The lowest BCUT2D eigenvalue weighted by atomic mass is 9.81. The molecule has 28 heavy (non-hydrogen) atoms. The van der Waals surface area contributed by atoms with Crippen molar-refractivity contribution >= 4 is 41.0 Å². The number of carbonyl (C=O) groups is 4. The average molecular weight is 405 g/mol. The molecule has 1 aromatic carbocycles. The van der Waals surface area contributed by atoms with Crippen LogP contribution in [0.1, 0.15) is 26.2 Å². The summed E-state index contributed by atoms with van der Waals surface area (Å²) in [4.78, 5) is 50.9. The third-order valence-corrected chi connectivity index (χ3v) is 6.42. The molecule has 0 unspecified atom stereocenters. The predicted octanol–water partition coefficient (Wildman–Crippen LogP) is 2.24. The van der Waals surface area contributed by atoms with E-state index in [2.05, 4.69) is 5.32 Å². The number of hydrogen-bond acceptors (Lipinski definition) is 5. The fourth-order valence-electron chi connectivity index (χ4n) is 4.91. The van der Waals surface area contributed by atoms with Crippen molar-refractivity contribution in [2.75, 3.05) is 11.9 Å². The van der Waals surface area contributed by atoms with Gasteiger partial charge in [-0.25, -0.2) is 4.79 Å². The molecule has 1 N–H and O–H groups in total. The Morgan fingerprint density at radius 1 is 1.14 bits per heavy atom. The molecule has 1 saturated heterocycles. The molecule has 0 radical (unpaired) electrons. The molecule has 8 heteroatoms. The summed E-state index contributed by atoms with van der Waals surface area (Å²) >= 11 is 5.79. The van der Waals surface area contributed by atoms with E-state index in [1.165, 1.54) is 6.92 Å². The van der Waals surface area contributed by atoms with Crippen molar-refractivity contribution in [2.45, 2.75) is 32.2 Å². The third kappa shape index (κ3) is 3.17. The number of rotatable bonds is 5. The van der Waals surface area contributed by atoms with Crippen LogP contribution in [0.5, 0.6) is 0 Å². The molecule has 1 aliphatic heterocycles. The van der Waals surface area contributed by atoms with Crippen LogP contribution < -0.4 is 5.32 Å². The fourth-order valence-corrected chi connectivity index (χ4v) is 5.03. The first-order valence-corrected chi connectivity index (χ1v) is 9.83. The predicted molar refractivity (Wildman–Crippen MR) is 100 cm³/mol. The van der Waals surface area contributed by atoms with Crippen LogP contribution in [0.2, 0.25) is 5.02 Å². The van der Waals surface area contributed by atoms with Gasteiger partial charge in [-0.3, -0.25) is 19.3 Å². The molecular formula is C20H21ClN2O5. The van der Waals surface area contributed by atoms with Gasteiger partial charge in [-0.2, -0.15) is 0 Å². The fraction of sp³-hybridized carbons (Fsp3) is 0.500. The highest BCUT2D eigenvalue weighted by atomic mass is 35.5. The van der Waals surface area contributed by atoms with Crippen LogP contribution in [0.3, 0.4) is 0 Å². The van der Waals surface area contributed by atoms with Gasteiger partial charge in [-0.1, -0.05) is 11.6 Å². The molecule has 3 amide bonds. The van der Waals surface area contributed by atoms with Crippen LogP contribution in [-0.2, 0) is 23.9 Å². The van der Waals surface area contributed by atoms with E-state index in [1.807, 2.05) is 0 Å². The Balaban J connectivity index is 1.33. The number of likely N-dealkylation sites (tertiary alicyclic amines) is 1. The molecule has 2 bridgehead atoms. The van der Waals surface area contributed by atoms with Gasteiger partial charge in [0, 0.05) is 10.7 Å². The summed E-state index contributed by atoms with van der Waals surface area (Å²) < 4.78 is 5.04. The third-order valence-electron chi connectivity index (χ3n) is 6.16.